The van der Waals surface area contributed by atoms with Crippen LogP contribution in [0.5, 0.6) is 0 Å². The molecule has 0 aliphatic heterocycles. The van der Waals surface area contributed by atoms with Crippen LogP contribution in [0.2, 0.25) is 0 Å². The minimum Gasteiger partial charge on any atom is -0.203 e. The first kappa shape index (κ1) is 83.3. The van der Waals surface area contributed by atoms with Crippen LogP contribution in [0.3, 0.4) is 0 Å². The van der Waals surface area contributed by atoms with Gasteiger partial charge in [-0.1, -0.05) is 206 Å². The van der Waals surface area contributed by atoms with Crippen molar-refractivity contribution in [1.82, 2.24) is 0 Å². The van der Waals surface area contributed by atoms with Gasteiger partial charge in [-0.2, -0.15) is 0 Å². The fraction of sp³-hybridized carbons (Fsp3) is 0.614. The first-order valence-electron chi connectivity index (χ1n) is 19.3. The van der Waals surface area contributed by atoms with Crippen molar-refractivity contribution in [3.8, 4) is 0 Å². The topological polar surface area (TPSA) is 0 Å². The molecule has 0 radical (unpaired) electrons. The Hall–Kier alpha value is -3.28. The largest absolute Gasteiger partial charge is 0.203 e. The molecule has 0 heterocycles. The molecular weight excluding hydrogens is 799 g/mol. The fourth-order valence-electron chi connectivity index (χ4n) is 7.31. The van der Waals surface area contributed by atoms with E-state index in [0.29, 0.717) is 64.8 Å². The molecule has 0 spiro atoms. The molecule has 6 heteroatoms. The highest BCUT2D eigenvalue weighted by Gasteiger charge is 2.25. The van der Waals surface area contributed by atoms with Crippen LogP contribution in [-0.2, 0) is 44.9 Å². The smallest absolute Gasteiger partial charge is 0.167 e. The number of fused-ring (bicyclic) bond motifs is 2. The van der Waals surface area contributed by atoms with Gasteiger partial charge >= 0.3 is 0 Å². The van der Waals surface area contributed by atoms with Gasteiger partial charge in [0.05, 0.1) is 0 Å². The molecule has 376 valence electrons. The summed E-state index contributed by atoms with van der Waals surface area (Å²) in [6, 6.07) is 11.0. The van der Waals surface area contributed by atoms with Crippen molar-refractivity contribution in [2.75, 3.05) is 0 Å². The first-order chi connectivity index (χ1) is 24.5. The van der Waals surface area contributed by atoms with Crippen LogP contribution >= 0.6 is 0 Å². The molecule has 63 heavy (non-hydrogen) atoms. The van der Waals surface area contributed by atoms with Crippen molar-refractivity contribution in [1.29, 1.82) is 0 Å². The summed E-state index contributed by atoms with van der Waals surface area (Å²) in [6.45, 7) is 14.0. The molecular formula is C57H106F6. The summed E-state index contributed by atoms with van der Waals surface area (Å²) < 4.78 is 83.1. The van der Waals surface area contributed by atoms with Gasteiger partial charge in [-0.3, -0.25) is 0 Å². The lowest BCUT2D eigenvalue weighted by Crippen LogP contribution is -2.17. The van der Waals surface area contributed by atoms with Crippen molar-refractivity contribution in [3.05, 3.63) is 116 Å². The Labute approximate surface area is 391 Å². The van der Waals surface area contributed by atoms with E-state index >= 15 is 0 Å². The fourth-order valence-corrected chi connectivity index (χ4v) is 7.31. The van der Waals surface area contributed by atoms with E-state index in [1.165, 1.54) is 0 Å². The van der Waals surface area contributed by atoms with Crippen LogP contribution in [0.15, 0.2) is 36.4 Å². The molecule has 0 amide bonds. The van der Waals surface area contributed by atoms with E-state index < -0.39 is 34.9 Å². The Kier molecular flexibility index (Phi) is 54.8. The van der Waals surface area contributed by atoms with Crippen LogP contribution in [-0.4, -0.2) is 0 Å². The van der Waals surface area contributed by atoms with Gasteiger partial charge in [0.15, 0.2) is 34.9 Å². The SMILES string of the molecule is C.C.C.C.C.C.C.C.C.C.C.C.CCCc1cc2c(c(F)c1F)CC(CCC)CC2.CCCc1cc2ccc(CCC)c(C)c2c(F)c1F.CCCc1ccc(CCC)c(F)c1F. The summed E-state index contributed by atoms with van der Waals surface area (Å²) >= 11 is 0. The van der Waals surface area contributed by atoms with E-state index in [-0.39, 0.29) is 89.1 Å². The van der Waals surface area contributed by atoms with Gasteiger partial charge in [0, 0.05) is 5.39 Å². The van der Waals surface area contributed by atoms with Gasteiger partial charge < -0.3 is 0 Å². The highest BCUT2D eigenvalue weighted by molar-refractivity contribution is 5.88. The number of halogens is 6. The second kappa shape index (κ2) is 41.4. The maximum absolute atomic E-state index is 14.3. The third-order valence-electron chi connectivity index (χ3n) is 9.96. The minimum atomic E-state index is -0.684. The zero-order valence-electron chi connectivity index (χ0n) is 31.9. The van der Waals surface area contributed by atoms with Crippen LogP contribution < -0.4 is 0 Å². The van der Waals surface area contributed by atoms with E-state index in [2.05, 4.69) is 13.8 Å². The number of rotatable bonds is 12. The molecule has 0 saturated carbocycles. The average molecular weight is 905 g/mol. The van der Waals surface area contributed by atoms with Crippen LogP contribution in [0, 0.1) is 47.7 Å². The lowest BCUT2D eigenvalue weighted by molar-refractivity contribution is 0.400. The van der Waals surface area contributed by atoms with Gasteiger partial charge in [0.1, 0.15) is 0 Å². The molecule has 1 aliphatic rings. The van der Waals surface area contributed by atoms with E-state index in [1.54, 1.807) is 18.2 Å². The minimum absolute atomic E-state index is 0. The standard InChI is InChI=1S/C17H20F2.C16H22F2.C12H16F2.12CH4/c1-4-6-12-8-9-13-10-14(7-5-2)16(18)17(19)15(13)11(12)3;1-3-5-11-7-8-12-10-13(6-4-2)15(17)16(18)14(12)9-11;1-3-5-9-7-8-10(6-4-2)12(14)11(9)13;;;;;;;;;;;;/h8-10H,4-7H2,1-3H3;10-11H,3-9H2,1-2H3;7-8H,3-6H2,1-2H3;12*1H4. The van der Waals surface area contributed by atoms with E-state index in [4.69, 9.17) is 0 Å². The third-order valence-corrected chi connectivity index (χ3v) is 9.96. The molecule has 0 saturated heterocycles. The van der Waals surface area contributed by atoms with Gasteiger partial charge in [0.25, 0.3) is 0 Å². The molecule has 0 N–H and O–H groups in total. The lowest BCUT2D eigenvalue weighted by atomic mass is 9.80. The highest BCUT2D eigenvalue weighted by Crippen LogP contribution is 2.33. The van der Waals surface area contributed by atoms with Crippen LogP contribution in [0.4, 0.5) is 26.3 Å². The Balaban J connectivity index is -0.0000000770. The molecule has 0 nitrogen and oxygen atoms in total. The molecule has 4 aromatic rings. The summed E-state index contributed by atoms with van der Waals surface area (Å²) in [6.07, 6.45) is 12.7. The van der Waals surface area contributed by atoms with Crippen LogP contribution in [0.25, 0.3) is 10.8 Å². The Bertz CT molecular complexity index is 1690. The number of hydrogen-bond donors (Lipinski definition) is 0. The van der Waals surface area contributed by atoms with E-state index in [1.807, 2.05) is 52.8 Å². The Morgan fingerprint density at radius 1 is 0.429 bits per heavy atom. The zero-order chi connectivity index (χ0) is 37.7. The van der Waals surface area contributed by atoms with E-state index in [0.717, 1.165) is 92.7 Å². The average Bonchev–Trinajstić information content (AvgIpc) is 3.11. The highest BCUT2D eigenvalue weighted by atomic mass is 19.2. The molecule has 1 atom stereocenters. The summed E-state index contributed by atoms with van der Waals surface area (Å²) in [5.41, 5.74) is 5.70. The van der Waals surface area contributed by atoms with Crippen molar-refractivity contribution >= 4 is 10.8 Å². The Morgan fingerprint density at radius 2 is 0.794 bits per heavy atom. The summed E-state index contributed by atoms with van der Waals surface area (Å²) in [7, 11) is 0. The quantitative estimate of drug-likeness (QED) is 0.124. The van der Waals surface area contributed by atoms with Crippen molar-refractivity contribution in [3.63, 3.8) is 0 Å². The van der Waals surface area contributed by atoms with E-state index in [9.17, 15) is 26.3 Å². The lowest BCUT2D eigenvalue weighted by Gasteiger charge is -2.25. The van der Waals surface area contributed by atoms with Crippen molar-refractivity contribution < 1.29 is 26.3 Å². The van der Waals surface area contributed by atoms with Crippen molar-refractivity contribution in [2.45, 2.75) is 234 Å². The van der Waals surface area contributed by atoms with Gasteiger partial charge in [-0.25, -0.2) is 26.3 Å². The molecule has 0 fully saturated rings. The number of benzene rings is 4. The molecule has 5 rings (SSSR count). The predicted molar refractivity (Wildman–Crippen MR) is 282 cm³/mol. The maximum atomic E-state index is 14.3. The molecule has 1 aliphatic carbocycles. The molecule has 0 aromatic heterocycles. The van der Waals surface area contributed by atoms with Crippen molar-refractivity contribution in [2.24, 2.45) is 5.92 Å². The number of aryl methyl sites for hydroxylation is 7. The molecule has 0 bridgehead atoms. The van der Waals surface area contributed by atoms with Gasteiger partial charge in [-0.05, 0) is 120 Å². The summed E-state index contributed by atoms with van der Waals surface area (Å²) in [5.74, 6) is -3.31. The van der Waals surface area contributed by atoms with Crippen LogP contribution in [0.1, 0.15) is 227 Å². The zero-order valence-corrected chi connectivity index (χ0v) is 31.9. The first-order valence-corrected chi connectivity index (χ1v) is 19.3. The normalized spacial score (nSPS) is 11.1. The predicted octanol–water partition coefficient (Wildman–Crippen LogP) is 21.7. The summed E-state index contributed by atoms with van der Waals surface area (Å²) in [5, 5.41) is 1.25. The number of hydrogen-bond acceptors (Lipinski definition) is 0. The second-order valence-electron chi connectivity index (χ2n) is 14.1. The summed E-state index contributed by atoms with van der Waals surface area (Å²) in [4.78, 5) is 0. The third kappa shape index (κ3) is 21.5. The molecule has 4 aromatic carbocycles. The maximum Gasteiger partial charge on any atom is 0.167 e. The second-order valence-corrected chi connectivity index (χ2v) is 14.1. The monoisotopic (exact) mass is 905 g/mol. The van der Waals surface area contributed by atoms with Gasteiger partial charge in [0.2, 0.25) is 0 Å². The van der Waals surface area contributed by atoms with Gasteiger partial charge in [-0.15, -0.1) is 0 Å². The molecule has 1 unspecified atom stereocenters. The Morgan fingerprint density at radius 3 is 1.22 bits per heavy atom.